The van der Waals surface area contributed by atoms with Gasteiger partial charge in [-0.1, -0.05) is 0 Å². The molecular weight excluding hydrogens is 493 g/mol. The van der Waals surface area contributed by atoms with Crippen LogP contribution in [-0.2, 0) is 4.74 Å². The standard InChI is InChI=1S/C25H30FN9O3/c1-14(31-24(36)38-25(2,3)4)20(15-6-7-15)33-22-18(26)10-16(12-27)21(34-22)32-17-11-19(23(37-5)28-13-17)35-29-8-9-30-35/h8-11,13-15,20H,6-7H2,1-5H3,(H,31,36)(H2,32,33,34)/t14-,20-/m0/s1. The summed E-state index contributed by atoms with van der Waals surface area (Å²) < 4.78 is 25.7. The number of carbonyl (C=O) groups is 1. The van der Waals surface area contributed by atoms with Gasteiger partial charge in [0.05, 0.1) is 43.0 Å². The smallest absolute Gasteiger partial charge is 0.407 e. The third kappa shape index (κ3) is 6.44. The molecule has 3 heterocycles. The molecule has 3 aromatic heterocycles. The van der Waals surface area contributed by atoms with Crippen LogP contribution in [0.2, 0.25) is 0 Å². The SMILES string of the molecule is COc1ncc(Nc2nc(N[C@H](C3CC3)[C@H](C)NC(=O)OC(C)(C)C)c(F)cc2C#N)cc1-n1nccn1. The fraction of sp³-hybridized carbons (Fsp3) is 0.440. The molecule has 38 heavy (non-hydrogen) atoms. The minimum Gasteiger partial charge on any atom is -0.479 e. The first kappa shape index (κ1) is 26.6. The average molecular weight is 524 g/mol. The zero-order valence-electron chi connectivity index (χ0n) is 21.8. The van der Waals surface area contributed by atoms with Crippen molar-refractivity contribution in [2.75, 3.05) is 17.7 Å². The van der Waals surface area contributed by atoms with E-state index in [0.29, 0.717) is 17.3 Å². The second-order valence-electron chi connectivity index (χ2n) is 9.97. The van der Waals surface area contributed by atoms with Crippen LogP contribution in [0.1, 0.15) is 46.1 Å². The normalized spacial score (nSPS) is 14.7. The number of pyridine rings is 2. The molecule has 12 nitrogen and oxygen atoms in total. The van der Waals surface area contributed by atoms with Gasteiger partial charge in [-0.05, 0) is 58.6 Å². The van der Waals surface area contributed by atoms with Crippen molar-refractivity contribution in [3.63, 3.8) is 0 Å². The largest absolute Gasteiger partial charge is 0.479 e. The van der Waals surface area contributed by atoms with Crippen LogP contribution >= 0.6 is 0 Å². The summed E-state index contributed by atoms with van der Waals surface area (Å²) in [6.07, 6.45) is 5.84. The molecule has 1 aliphatic rings. The second-order valence-corrected chi connectivity index (χ2v) is 9.97. The molecule has 2 atom stereocenters. The van der Waals surface area contributed by atoms with E-state index in [2.05, 4.69) is 36.1 Å². The predicted molar refractivity (Wildman–Crippen MR) is 137 cm³/mol. The van der Waals surface area contributed by atoms with Gasteiger partial charge in [0.25, 0.3) is 0 Å². The summed E-state index contributed by atoms with van der Waals surface area (Å²) >= 11 is 0. The van der Waals surface area contributed by atoms with E-state index in [4.69, 9.17) is 9.47 Å². The average Bonchev–Trinajstić information content (AvgIpc) is 3.54. The first-order valence-electron chi connectivity index (χ1n) is 12.1. The summed E-state index contributed by atoms with van der Waals surface area (Å²) in [6.45, 7) is 7.18. The Morgan fingerprint density at radius 3 is 2.55 bits per heavy atom. The maximum Gasteiger partial charge on any atom is 0.407 e. The molecule has 3 aromatic rings. The van der Waals surface area contributed by atoms with E-state index in [1.54, 1.807) is 26.8 Å². The van der Waals surface area contributed by atoms with E-state index in [-0.39, 0.29) is 35.2 Å². The van der Waals surface area contributed by atoms with Crippen LogP contribution < -0.4 is 20.7 Å². The molecule has 4 rings (SSSR count). The number of methoxy groups -OCH3 is 1. The fourth-order valence-electron chi connectivity index (χ4n) is 3.90. The molecule has 1 fully saturated rings. The number of aromatic nitrogens is 5. The summed E-state index contributed by atoms with van der Waals surface area (Å²) in [5.41, 5.74) is 0.276. The van der Waals surface area contributed by atoms with Crippen LogP contribution in [0.15, 0.2) is 30.7 Å². The molecule has 0 radical (unpaired) electrons. The Balaban J connectivity index is 1.58. The molecule has 1 amide bonds. The number of nitriles is 1. The van der Waals surface area contributed by atoms with Crippen molar-refractivity contribution in [2.45, 2.75) is 58.2 Å². The molecule has 3 N–H and O–H groups in total. The van der Waals surface area contributed by atoms with Gasteiger partial charge in [0, 0.05) is 6.04 Å². The van der Waals surface area contributed by atoms with E-state index >= 15 is 4.39 Å². The Bertz CT molecular complexity index is 1330. The third-order valence-electron chi connectivity index (χ3n) is 5.74. The van der Waals surface area contributed by atoms with Crippen LogP contribution in [0, 0.1) is 23.1 Å². The van der Waals surface area contributed by atoms with Gasteiger partial charge in [-0.2, -0.15) is 15.5 Å². The van der Waals surface area contributed by atoms with E-state index in [1.807, 2.05) is 13.0 Å². The molecule has 13 heteroatoms. The predicted octanol–water partition coefficient (Wildman–Crippen LogP) is 3.92. The molecule has 0 spiro atoms. The van der Waals surface area contributed by atoms with Gasteiger partial charge in [0.2, 0.25) is 5.88 Å². The van der Waals surface area contributed by atoms with Crippen molar-refractivity contribution >= 4 is 23.4 Å². The van der Waals surface area contributed by atoms with Crippen molar-refractivity contribution in [2.24, 2.45) is 5.92 Å². The van der Waals surface area contributed by atoms with E-state index in [0.717, 1.165) is 18.9 Å². The summed E-state index contributed by atoms with van der Waals surface area (Å²) in [5, 5.41) is 26.8. The number of nitrogens with zero attached hydrogens (tertiary/aromatic N) is 6. The number of hydrogen-bond acceptors (Lipinski definition) is 10. The van der Waals surface area contributed by atoms with Crippen molar-refractivity contribution in [3.05, 3.63) is 42.1 Å². The molecule has 0 aliphatic heterocycles. The first-order chi connectivity index (χ1) is 18.1. The van der Waals surface area contributed by atoms with Gasteiger partial charge >= 0.3 is 6.09 Å². The van der Waals surface area contributed by atoms with Crippen LogP contribution in [0.5, 0.6) is 5.88 Å². The van der Waals surface area contributed by atoms with E-state index in [9.17, 15) is 10.1 Å². The molecule has 0 bridgehead atoms. The number of halogens is 1. The van der Waals surface area contributed by atoms with Gasteiger partial charge in [-0.15, -0.1) is 4.80 Å². The van der Waals surface area contributed by atoms with E-state index in [1.165, 1.54) is 30.5 Å². The molecule has 200 valence electrons. The maximum absolute atomic E-state index is 15.0. The van der Waals surface area contributed by atoms with Crippen LogP contribution in [0.3, 0.4) is 0 Å². The highest BCUT2D eigenvalue weighted by Crippen LogP contribution is 2.36. The number of carbonyl (C=O) groups excluding carboxylic acids is 1. The van der Waals surface area contributed by atoms with Crippen molar-refractivity contribution in [1.29, 1.82) is 5.26 Å². The number of alkyl carbamates (subject to hydrolysis) is 1. The van der Waals surface area contributed by atoms with Gasteiger partial charge < -0.3 is 25.4 Å². The Hall–Kier alpha value is -4.47. The Kier molecular flexibility index (Phi) is 7.61. The van der Waals surface area contributed by atoms with Crippen molar-refractivity contribution < 1.29 is 18.7 Å². The van der Waals surface area contributed by atoms with Gasteiger partial charge in [0.1, 0.15) is 17.4 Å². The lowest BCUT2D eigenvalue weighted by Crippen LogP contribution is -2.47. The number of ether oxygens (including phenoxy) is 2. The topological polar surface area (TPSA) is 152 Å². The molecule has 1 aliphatic carbocycles. The fourth-order valence-corrected chi connectivity index (χ4v) is 3.90. The quantitative estimate of drug-likeness (QED) is 0.376. The minimum atomic E-state index is -0.684. The second kappa shape index (κ2) is 10.9. The third-order valence-corrected chi connectivity index (χ3v) is 5.74. The van der Waals surface area contributed by atoms with Crippen molar-refractivity contribution in [1.82, 2.24) is 30.3 Å². The molecular formula is C25H30FN9O3. The highest BCUT2D eigenvalue weighted by atomic mass is 19.1. The number of nitrogens with one attached hydrogen (secondary N) is 3. The number of amides is 1. The lowest BCUT2D eigenvalue weighted by Gasteiger charge is -2.28. The zero-order chi connectivity index (χ0) is 27.4. The number of rotatable bonds is 9. The molecule has 1 saturated carbocycles. The lowest BCUT2D eigenvalue weighted by molar-refractivity contribution is 0.0501. The Morgan fingerprint density at radius 1 is 1.24 bits per heavy atom. The summed E-state index contributed by atoms with van der Waals surface area (Å²) in [6, 6.07) is 4.07. The minimum absolute atomic E-state index is 0.00512. The van der Waals surface area contributed by atoms with Gasteiger partial charge in [-0.3, -0.25) is 0 Å². The summed E-state index contributed by atoms with van der Waals surface area (Å²) in [5.74, 6) is -0.0817. The van der Waals surface area contributed by atoms with Crippen molar-refractivity contribution in [3.8, 4) is 17.6 Å². The lowest BCUT2D eigenvalue weighted by atomic mass is 10.0. The van der Waals surface area contributed by atoms with Gasteiger partial charge in [-0.25, -0.2) is 19.2 Å². The highest BCUT2D eigenvalue weighted by molar-refractivity contribution is 5.69. The van der Waals surface area contributed by atoms with Crippen LogP contribution in [-0.4, -0.2) is 55.8 Å². The zero-order valence-corrected chi connectivity index (χ0v) is 21.8. The summed E-state index contributed by atoms with van der Waals surface area (Å²) in [4.78, 5) is 22.3. The highest BCUT2D eigenvalue weighted by Gasteiger charge is 2.37. The monoisotopic (exact) mass is 523 g/mol. The molecule has 0 aromatic carbocycles. The first-order valence-corrected chi connectivity index (χ1v) is 12.1. The van der Waals surface area contributed by atoms with E-state index < -0.39 is 17.5 Å². The molecule has 0 unspecified atom stereocenters. The maximum atomic E-state index is 15.0. The summed E-state index contributed by atoms with van der Waals surface area (Å²) in [7, 11) is 1.48. The number of anilines is 3. The number of hydrogen-bond donors (Lipinski definition) is 3. The molecule has 0 saturated heterocycles. The van der Waals surface area contributed by atoms with Crippen LogP contribution in [0.4, 0.5) is 26.5 Å². The Labute approximate surface area is 219 Å². The van der Waals surface area contributed by atoms with Gasteiger partial charge in [0.15, 0.2) is 17.5 Å². The Morgan fingerprint density at radius 2 is 1.95 bits per heavy atom. The van der Waals surface area contributed by atoms with Crippen LogP contribution in [0.25, 0.3) is 5.69 Å².